The number of aromatic nitrogens is 3. The Bertz CT molecular complexity index is 1250. The molecule has 8 heteroatoms. The van der Waals surface area contributed by atoms with E-state index in [0.717, 1.165) is 31.6 Å². The number of pyridine rings is 1. The van der Waals surface area contributed by atoms with Gasteiger partial charge in [-0.05, 0) is 62.5 Å². The molecule has 0 fully saturated rings. The maximum absolute atomic E-state index is 13.0. The topological polar surface area (TPSA) is 84.8 Å². The molecule has 162 valence electrons. The van der Waals surface area contributed by atoms with E-state index < -0.39 is 0 Å². The summed E-state index contributed by atoms with van der Waals surface area (Å²) in [7, 11) is 0. The van der Waals surface area contributed by atoms with Gasteiger partial charge >= 0.3 is 0 Å². The third-order valence-corrected chi connectivity index (χ3v) is 5.52. The van der Waals surface area contributed by atoms with Crippen LogP contribution in [0.25, 0.3) is 16.7 Å². The Labute approximate surface area is 180 Å². The van der Waals surface area contributed by atoms with E-state index >= 15 is 0 Å². The van der Waals surface area contributed by atoms with Crippen LogP contribution in [0, 0.1) is 0 Å². The van der Waals surface area contributed by atoms with E-state index in [1.165, 1.54) is 0 Å². The van der Waals surface area contributed by atoms with Gasteiger partial charge in [0.15, 0.2) is 11.4 Å². The molecule has 8 nitrogen and oxygen atoms in total. The zero-order valence-corrected chi connectivity index (χ0v) is 17.9. The molecule has 0 aliphatic carbocycles. The van der Waals surface area contributed by atoms with Crippen molar-refractivity contribution in [2.75, 3.05) is 26.2 Å². The van der Waals surface area contributed by atoms with Crippen molar-refractivity contribution in [3.05, 3.63) is 70.7 Å². The van der Waals surface area contributed by atoms with Crippen molar-refractivity contribution in [3.63, 3.8) is 0 Å². The fraction of sp³-hybridized carbons (Fsp3) is 0.348. The Kier molecular flexibility index (Phi) is 6.18. The summed E-state index contributed by atoms with van der Waals surface area (Å²) >= 11 is 0. The van der Waals surface area contributed by atoms with Crippen molar-refractivity contribution < 1.29 is 9.21 Å². The zero-order valence-electron chi connectivity index (χ0n) is 17.9. The van der Waals surface area contributed by atoms with Crippen molar-refractivity contribution in [3.8, 4) is 0 Å². The summed E-state index contributed by atoms with van der Waals surface area (Å²) in [5, 5.41) is 2.90. The molecule has 4 aromatic rings. The quantitative estimate of drug-likeness (QED) is 0.420. The normalized spacial score (nSPS) is 11.6. The largest absolute Gasteiger partial charge is 0.454 e. The summed E-state index contributed by atoms with van der Waals surface area (Å²) in [5.41, 5.74) is 1.81. The van der Waals surface area contributed by atoms with E-state index in [2.05, 4.69) is 29.0 Å². The van der Waals surface area contributed by atoms with E-state index in [1.807, 2.05) is 28.8 Å². The average molecular weight is 422 g/mol. The fourth-order valence-electron chi connectivity index (χ4n) is 3.80. The monoisotopic (exact) mass is 421 g/mol. The number of carbonyl (C=O) groups is 1. The second kappa shape index (κ2) is 9.18. The second-order valence-electron chi connectivity index (χ2n) is 7.40. The van der Waals surface area contributed by atoms with Gasteiger partial charge in [-0.1, -0.05) is 13.8 Å². The van der Waals surface area contributed by atoms with Crippen LogP contribution in [0.1, 0.15) is 36.6 Å². The molecule has 4 heterocycles. The fourth-order valence-corrected chi connectivity index (χ4v) is 3.80. The first-order valence-corrected chi connectivity index (χ1v) is 10.7. The lowest BCUT2D eigenvalue weighted by Gasteiger charge is -2.17. The van der Waals surface area contributed by atoms with Gasteiger partial charge in [-0.2, -0.15) is 0 Å². The molecule has 31 heavy (non-hydrogen) atoms. The maximum Gasteiger partial charge on any atom is 0.286 e. The molecule has 0 aromatic carbocycles. The number of hydrogen-bond acceptors (Lipinski definition) is 5. The number of fused-ring (bicyclic) bond motifs is 3. The van der Waals surface area contributed by atoms with Crippen LogP contribution in [0.15, 0.2) is 58.0 Å². The number of carbonyl (C=O) groups excluding carboxylic acids is 1. The molecule has 4 rings (SSSR count). The lowest BCUT2D eigenvalue weighted by Crippen LogP contribution is -2.29. The van der Waals surface area contributed by atoms with Crippen molar-refractivity contribution in [1.82, 2.24) is 24.2 Å². The first-order valence-electron chi connectivity index (χ1n) is 10.7. The van der Waals surface area contributed by atoms with Crippen LogP contribution in [0.2, 0.25) is 0 Å². The molecule has 1 N–H and O–H groups in total. The Morgan fingerprint density at radius 3 is 2.74 bits per heavy atom. The van der Waals surface area contributed by atoms with Crippen LogP contribution in [0.4, 0.5) is 0 Å². The number of furan rings is 1. The SMILES string of the molecule is CCN(CC)CCCNC(=O)c1ccc(Cn2c(=O)c3cccn3c3cccnc32)o1. The van der Waals surface area contributed by atoms with E-state index in [9.17, 15) is 9.59 Å². The highest BCUT2D eigenvalue weighted by atomic mass is 16.4. The molecular formula is C23H27N5O3. The van der Waals surface area contributed by atoms with Crippen molar-refractivity contribution in [2.45, 2.75) is 26.8 Å². The van der Waals surface area contributed by atoms with Gasteiger partial charge in [-0.25, -0.2) is 4.98 Å². The van der Waals surface area contributed by atoms with Crippen LogP contribution in [0.5, 0.6) is 0 Å². The summed E-state index contributed by atoms with van der Waals surface area (Å²) in [4.78, 5) is 32.1. The highest BCUT2D eigenvalue weighted by molar-refractivity contribution is 5.91. The smallest absolute Gasteiger partial charge is 0.286 e. The molecule has 0 atom stereocenters. The summed E-state index contributed by atoms with van der Waals surface area (Å²) in [6.07, 6.45) is 4.39. The highest BCUT2D eigenvalue weighted by Crippen LogP contribution is 2.15. The predicted octanol–water partition coefficient (Wildman–Crippen LogP) is 2.75. The lowest BCUT2D eigenvalue weighted by molar-refractivity contribution is 0.0922. The minimum absolute atomic E-state index is 0.157. The third-order valence-electron chi connectivity index (χ3n) is 5.52. The summed E-state index contributed by atoms with van der Waals surface area (Å²) in [6, 6.07) is 10.8. The highest BCUT2D eigenvalue weighted by Gasteiger charge is 2.15. The summed E-state index contributed by atoms with van der Waals surface area (Å²) < 4.78 is 9.16. The Morgan fingerprint density at radius 2 is 1.94 bits per heavy atom. The van der Waals surface area contributed by atoms with Crippen molar-refractivity contribution in [1.29, 1.82) is 0 Å². The van der Waals surface area contributed by atoms with E-state index in [4.69, 9.17) is 4.42 Å². The molecular weight excluding hydrogens is 394 g/mol. The molecule has 0 unspecified atom stereocenters. The van der Waals surface area contributed by atoms with Crippen molar-refractivity contribution >= 4 is 22.6 Å². The molecule has 0 aliphatic rings. The van der Waals surface area contributed by atoms with Gasteiger partial charge in [-0.15, -0.1) is 0 Å². The standard InChI is InChI=1S/C23H27N5O3/c1-3-26(4-2)14-7-13-25-22(29)20-11-10-17(31-20)16-28-21-18(8-5-12-24-21)27-15-6-9-19(27)23(28)30/h5-6,8-12,15H,3-4,7,13-14,16H2,1-2H3,(H,25,29). The minimum atomic E-state index is -0.247. The van der Waals surface area contributed by atoms with E-state index in [-0.39, 0.29) is 23.8 Å². The molecule has 0 aliphatic heterocycles. The number of amides is 1. The van der Waals surface area contributed by atoms with Crippen LogP contribution < -0.4 is 10.9 Å². The van der Waals surface area contributed by atoms with Gasteiger partial charge in [0, 0.05) is 18.9 Å². The lowest BCUT2D eigenvalue weighted by atomic mass is 10.3. The Balaban J connectivity index is 1.49. The van der Waals surface area contributed by atoms with Gasteiger partial charge in [0.25, 0.3) is 11.5 Å². The van der Waals surface area contributed by atoms with Gasteiger partial charge in [-0.3, -0.25) is 14.2 Å². The summed E-state index contributed by atoms with van der Waals surface area (Å²) in [5.74, 6) is 0.522. The molecule has 1 amide bonds. The number of nitrogens with one attached hydrogen (secondary N) is 1. The van der Waals surface area contributed by atoms with Crippen molar-refractivity contribution in [2.24, 2.45) is 0 Å². The van der Waals surface area contributed by atoms with Crippen LogP contribution in [-0.4, -0.2) is 50.9 Å². The first-order chi connectivity index (χ1) is 15.1. The molecule has 0 radical (unpaired) electrons. The molecule has 4 aromatic heterocycles. The second-order valence-corrected chi connectivity index (χ2v) is 7.40. The number of hydrogen-bond donors (Lipinski definition) is 1. The predicted molar refractivity (Wildman–Crippen MR) is 120 cm³/mol. The molecule has 0 saturated heterocycles. The Morgan fingerprint density at radius 1 is 1.13 bits per heavy atom. The number of rotatable bonds is 9. The van der Waals surface area contributed by atoms with Gasteiger partial charge in [0.2, 0.25) is 0 Å². The average Bonchev–Trinajstić information content (AvgIpc) is 3.47. The summed E-state index contributed by atoms with van der Waals surface area (Å²) in [6.45, 7) is 8.00. The molecule has 0 saturated carbocycles. The minimum Gasteiger partial charge on any atom is -0.454 e. The molecule has 0 spiro atoms. The van der Waals surface area contributed by atoms with Crippen LogP contribution in [0.3, 0.4) is 0 Å². The maximum atomic E-state index is 13.0. The van der Waals surface area contributed by atoms with E-state index in [1.54, 1.807) is 29.0 Å². The molecule has 0 bridgehead atoms. The van der Waals surface area contributed by atoms with E-state index in [0.29, 0.717) is 23.5 Å². The third kappa shape index (κ3) is 4.25. The van der Waals surface area contributed by atoms with Gasteiger partial charge in [0.05, 0.1) is 12.1 Å². The van der Waals surface area contributed by atoms with Gasteiger partial charge in [0.1, 0.15) is 11.3 Å². The first kappa shape index (κ1) is 20.9. The van der Waals surface area contributed by atoms with Gasteiger partial charge < -0.3 is 19.0 Å². The van der Waals surface area contributed by atoms with Crippen LogP contribution in [-0.2, 0) is 6.54 Å². The number of nitrogens with zero attached hydrogens (tertiary/aromatic N) is 4. The Hall–Kier alpha value is -3.39. The van der Waals surface area contributed by atoms with Crippen LogP contribution >= 0.6 is 0 Å². The zero-order chi connectivity index (χ0) is 21.8.